The molecule has 3 aromatic carbocycles. The minimum Gasteiger partial charge on any atom is -0.505 e. The summed E-state index contributed by atoms with van der Waals surface area (Å²) in [5.41, 5.74) is 3.38. The van der Waals surface area contributed by atoms with Crippen molar-refractivity contribution in [2.24, 2.45) is 7.05 Å². The summed E-state index contributed by atoms with van der Waals surface area (Å²) in [5.74, 6) is -2.03. The monoisotopic (exact) mass is 437 g/mol. The minimum absolute atomic E-state index is 0.251. The van der Waals surface area contributed by atoms with Gasteiger partial charge in [-0.15, -0.1) is 0 Å². The molecule has 0 bridgehead atoms. The van der Waals surface area contributed by atoms with Crippen LogP contribution in [0.2, 0.25) is 0 Å². The highest BCUT2D eigenvalue weighted by Gasteiger charge is 2.19. The molecule has 0 aliphatic rings. The largest absolute Gasteiger partial charge is 0.505 e. The number of benzene rings is 3. The van der Waals surface area contributed by atoms with E-state index in [4.69, 9.17) is 0 Å². The fourth-order valence-corrected chi connectivity index (χ4v) is 3.84. The summed E-state index contributed by atoms with van der Waals surface area (Å²) < 4.78 is 30.1. The van der Waals surface area contributed by atoms with Gasteiger partial charge in [-0.25, -0.2) is 13.6 Å². The quantitative estimate of drug-likeness (QED) is 0.501. The molecule has 0 saturated heterocycles. The molecule has 0 aliphatic carbocycles. The van der Waals surface area contributed by atoms with Crippen LogP contribution in [0.3, 0.4) is 0 Å². The van der Waals surface area contributed by atoms with Gasteiger partial charge in [0.05, 0.1) is 11.0 Å². The van der Waals surface area contributed by atoms with Crippen LogP contribution in [0.25, 0.3) is 22.2 Å². The van der Waals surface area contributed by atoms with E-state index in [1.165, 1.54) is 39.5 Å². The average molecular weight is 437 g/mol. The van der Waals surface area contributed by atoms with Crippen molar-refractivity contribution < 1.29 is 18.7 Å². The van der Waals surface area contributed by atoms with Gasteiger partial charge in [0.1, 0.15) is 12.4 Å². The zero-order chi connectivity index (χ0) is 23.2. The van der Waals surface area contributed by atoms with E-state index in [1.807, 2.05) is 13.0 Å². The van der Waals surface area contributed by atoms with E-state index in [9.17, 15) is 23.5 Å². The predicted octanol–water partition coefficient (Wildman–Crippen LogP) is 4.25. The average Bonchev–Trinajstić information content (AvgIpc) is 2.97. The maximum Gasteiger partial charge on any atom is 0.329 e. The first-order valence-corrected chi connectivity index (χ1v) is 9.90. The number of fused-ring (bicyclic) bond motifs is 1. The second-order valence-electron chi connectivity index (χ2n) is 7.79. The molecule has 1 heterocycles. The fourth-order valence-electron chi connectivity index (χ4n) is 3.84. The normalized spacial score (nSPS) is 11.2. The topological polar surface area (TPSA) is 76.3 Å². The molecule has 1 amide bonds. The first kappa shape index (κ1) is 21.3. The first-order valence-electron chi connectivity index (χ1n) is 9.90. The molecule has 0 aliphatic heterocycles. The molecular formula is C24H21F2N3O3. The molecule has 0 spiro atoms. The van der Waals surface area contributed by atoms with Crippen LogP contribution >= 0.6 is 0 Å². The third-order valence-corrected chi connectivity index (χ3v) is 5.37. The number of aromatic hydroxyl groups is 1. The zero-order valence-electron chi connectivity index (χ0n) is 17.7. The number of aryl methyl sites for hydroxylation is 3. The Hall–Kier alpha value is -3.94. The lowest BCUT2D eigenvalue weighted by Crippen LogP contribution is -2.28. The van der Waals surface area contributed by atoms with Crippen LogP contribution in [0, 0.1) is 25.5 Å². The lowest BCUT2D eigenvalue weighted by molar-refractivity contribution is -0.116. The molecule has 0 atom stereocenters. The van der Waals surface area contributed by atoms with Gasteiger partial charge in [-0.05, 0) is 79.1 Å². The number of phenolic OH excluding ortho intramolecular Hbond substituents is 1. The van der Waals surface area contributed by atoms with Crippen molar-refractivity contribution in [1.82, 2.24) is 9.13 Å². The van der Waals surface area contributed by atoms with Gasteiger partial charge in [0, 0.05) is 18.3 Å². The number of anilines is 1. The number of phenols is 1. The number of carbonyl (C=O) groups excluding carboxylic acids is 1. The van der Waals surface area contributed by atoms with Gasteiger partial charge in [0.2, 0.25) is 5.91 Å². The lowest BCUT2D eigenvalue weighted by Gasteiger charge is -2.11. The Labute approximate surface area is 182 Å². The van der Waals surface area contributed by atoms with Gasteiger partial charge in [-0.2, -0.15) is 0 Å². The van der Waals surface area contributed by atoms with Gasteiger partial charge in [-0.1, -0.05) is 0 Å². The number of rotatable bonds is 4. The number of halogens is 2. The molecule has 0 radical (unpaired) electrons. The molecule has 6 nitrogen and oxygen atoms in total. The minimum atomic E-state index is -0.752. The Morgan fingerprint density at radius 2 is 1.75 bits per heavy atom. The van der Waals surface area contributed by atoms with Crippen LogP contribution in [-0.2, 0) is 18.4 Å². The molecule has 8 heteroatoms. The molecule has 0 unspecified atom stereocenters. The van der Waals surface area contributed by atoms with Crippen molar-refractivity contribution in [1.29, 1.82) is 0 Å². The predicted molar refractivity (Wildman–Crippen MR) is 119 cm³/mol. The SMILES string of the molecule is Cc1cc(-c2cc(C)c(O)c(F)c2)c2c(c1)n(CC(=O)Nc1ccc(F)cc1)c(=O)n2C. The molecule has 0 saturated carbocycles. The third-order valence-electron chi connectivity index (χ3n) is 5.37. The van der Waals surface area contributed by atoms with Crippen LogP contribution in [0.4, 0.5) is 14.5 Å². The van der Waals surface area contributed by atoms with Crippen molar-refractivity contribution >= 4 is 22.6 Å². The standard InChI is InChI=1S/C24H21F2N3O3/c1-13-8-18(15-10-14(2)23(31)19(26)11-15)22-20(9-13)29(24(32)28(22)3)12-21(30)27-17-6-4-16(25)5-7-17/h4-11,31H,12H2,1-3H3,(H,27,30). The molecule has 32 heavy (non-hydrogen) atoms. The first-order chi connectivity index (χ1) is 15.2. The number of hydrogen-bond donors (Lipinski definition) is 2. The summed E-state index contributed by atoms with van der Waals surface area (Å²) in [6.07, 6.45) is 0. The molecule has 164 valence electrons. The number of aromatic nitrogens is 2. The number of carbonyl (C=O) groups is 1. The van der Waals surface area contributed by atoms with E-state index in [2.05, 4.69) is 5.32 Å². The highest BCUT2D eigenvalue weighted by Crippen LogP contribution is 2.33. The van der Waals surface area contributed by atoms with E-state index in [0.29, 0.717) is 33.4 Å². The van der Waals surface area contributed by atoms with Crippen molar-refractivity contribution in [3.05, 3.63) is 81.8 Å². The highest BCUT2D eigenvalue weighted by atomic mass is 19.1. The molecule has 1 aromatic heterocycles. The summed E-state index contributed by atoms with van der Waals surface area (Å²) in [6, 6.07) is 11.8. The van der Waals surface area contributed by atoms with Gasteiger partial charge >= 0.3 is 5.69 Å². The van der Waals surface area contributed by atoms with Gasteiger partial charge in [0.25, 0.3) is 0 Å². The maximum atomic E-state index is 14.2. The fraction of sp³-hybridized carbons (Fsp3) is 0.167. The van der Waals surface area contributed by atoms with Crippen LogP contribution in [0.15, 0.2) is 53.3 Å². The summed E-state index contributed by atoms with van der Waals surface area (Å²) in [5, 5.41) is 12.4. The molecule has 4 rings (SSSR count). The second-order valence-corrected chi connectivity index (χ2v) is 7.79. The summed E-state index contributed by atoms with van der Waals surface area (Å²) >= 11 is 0. The Bertz CT molecular complexity index is 1400. The van der Waals surface area contributed by atoms with Crippen LogP contribution in [-0.4, -0.2) is 20.1 Å². The Morgan fingerprint density at radius 1 is 1.06 bits per heavy atom. The Morgan fingerprint density at radius 3 is 2.41 bits per heavy atom. The van der Waals surface area contributed by atoms with Crippen molar-refractivity contribution in [2.45, 2.75) is 20.4 Å². The second kappa shape index (κ2) is 7.96. The van der Waals surface area contributed by atoms with Crippen LogP contribution in [0.5, 0.6) is 5.75 Å². The summed E-state index contributed by atoms with van der Waals surface area (Å²) in [4.78, 5) is 25.6. The van der Waals surface area contributed by atoms with E-state index in [0.717, 1.165) is 5.56 Å². The molecule has 0 fully saturated rings. The lowest BCUT2D eigenvalue weighted by atomic mass is 9.99. The molecule has 4 aromatic rings. The Balaban J connectivity index is 1.80. The van der Waals surface area contributed by atoms with Crippen molar-refractivity contribution in [3.8, 4) is 16.9 Å². The Kier molecular flexibility index (Phi) is 5.30. The molecule has 2 N–H and O–H groups in total. The van der Waals surface area contributed by atoms with E-state index in [1.54, 1.807) is 26.1 Å². The van der Waals surface area contributed by atoms with Gasteiger partial charge in [0.15, 0.2) is 11.6 Å². The number of nitrogens with one attached hydrogen (secondary N) is 1. The van der Waals surface area contributed by atoms with Gasteiger partial charge in [-0.3, -0.25) is 13.9 Å². The number of imidazole rings is 1. The summed E-state index contributed by atoms with van der Waals surface area (Å²) in [7, 11) is 1.58. The maximum absolute atomic E-state index is 14.2. The van der Waals surface area contributed by atoms with Crippen molar-refractivity contribution in [3.63, 3.8) is 0 Å². The smallest absolute Gasteiger partial charge is 0.329 e. The van der Waals surface area contributed by atoms with E-state index in [-0.39, 0.29) is 6.54 Å². The number of hydrogen-bond acceptors (Lipinski definition) is 3. The number of nitrogens with zero attached hydrogens (tertiary/aromatic N) is 2. The summed E-state index contributed by atoms with van der Waals surface area (Å²) in [6.45, 7) is 3.19. The van der Waals surface area contributed by atoms with E-state index >= 15 is 0 Å². The van der Waals surface area contributed by atoms with Gasteiger partial charge < -0.3 is 10.4 Å². The van der Waals surface area contributed by atoms with Crippen LogP contribution in [0.1, 0.15) is 11.1 Å². The van der Waals surface area contributed by atoms with E-state index < -0.39 is 29.0 Å². The molecular weight excluding hydrogens is 416 g/mol. The zero-order valence-corrected chi connectivity index (χ0v) is 17.7. The van der Waals surface area contributed by atoms with Crippen LogP contribution < -0.4 is 11.0 Å². The van der Waals surface area contributed by atoms with Crippen molar-refractivity contribution in [2.75, 3.05) is 5.32 Å². The third kappa shape index (κ3) is 3.75. The number of amides is 1. The highest BCUT2D eigenvalue weighted by molar-refractivity contribution is 5.96.